The smallest absolute Gasteiger partial charge is 0.339 e. The van der Waals surface area contributed by atoms with E-state index in [0.29, 0.717) is 17.5 Å². The topological polar surface area (TPSA) is 72.8 Å². The van der Waals surface area contributed by atoms with E-state index in [1.54, 1.807) is 7.11 Å². The predicted molar refractivity (Wildman–Crippen MR) is 78.3 cm³/mol. The Balaban J connectivity index is 1.89. The van der Waals surface area contributed by atoms with E-state index in [2.05, 4.69) is 0 Å². The second-order valence-corrected chi connectivity index (χ2v) is 5.05. The molecule has 1 atom stereocenters. The van der Waals surface area contributed by atoms with Crippen molar-refractivity contribution >= 4 is 11.9 Å². The molecule has 0 unspecified atom stereocenters. The average Bonchev–Trinajstić information content (AvgIpc) is 2.84. The van der Waals surface area contributed by atoms with Gasteiger partial charge >= 0.3 is 11.9 Å². The van der Waals surface area contributed by atoms with Crippen molar-refractivity contribution in [1.29, 1.82) is 0 Å². The zero-order chi connectivity index (χ0) is 15.7. The van der Waals surface area contributed by atoms with Gasteiger partial charge in [-0.25, -0.2) is 9.59 Å². The number of carboxylic acid groups (broad SMARTS) is 1. The zero-order valence-corrected chi connectivity index (χ0v) is 11.9. The molecular weight excluding hydrogens is 284 g/mol. The molecule has 1 aliphatic heterocycles. The summed E-state index contributed by atoms with van der Waals surface area (Å²) in [6.07, 6.45) is 0.0291. The van der Waals surface area contributed by atoms with Crippen LogP contribution in [0.4, 0.5) is 0 Å². The third-order valence-corrected chi connectivity index (χ3v) is 3.69. The van der Waals surface area contributed by atoms with Crippen LogP contribution < -0.4 is 4.74 Å². The van der Waals surface area contributed by atoms with Gasteiger partial charge in [-0.1, -0.05) is 12.1 Å². The summed E-state index contributed by atoms with van der Waals surface area (Å²) in [5.41, 5.74) is 2.19. The monoisotopic (exact) mass is 298 g/mol. The summed E-state index contributed by atoms with van der Waals surface area (Å²) < 4.78 is 10.5. The van der Waals surface area contributed by atoms with Gasteiger partial charge in [-0.05, 0) is 35.9 Å². The van der Waals surface area contributed by atoms with Crippen molar-refractivity contribution < 1.29 is 24.2 Å². The standard InChI is InChI=1S/C17H14O5/c1-21-12-5-2-10(3-6-12)8-15-14-9-11(16(18)19)4-7-13(14)17(20)22-15/h2-7,9,15H,8H2,1H3,(H,18,19)/t15-/m1/s1. The second-order valence-electron chi connectivity index (χ2n) is 5.05. The number of hydrogen-bond donors (Lipinski definition) is 1. The lowest BCUT2D eigenvalue weighted by atomic mass is 9.97. The average molecular weight is 298 g/mol. The third kappa shape index (κ3) is 2.53. The highest BCUT2D eigenvalue weighted by Crippen LogP contribution is 2.34. The van der Waals surface area contributed by atoms with Crippen LogP contribution >= 0.6 is 0 Å². The summed E-state index contributed by atoms with van der Waals surface area (Å²) in [6, 6.07) is 11.9. The van der Waals surface area contributed by atoms with Gasteiger partial charge in [0, 0.05) is 12.0 Å². The van der Waals surface area contributed by atoms with Crippen LogP contribution in [0, 0.1) is 0 Å². The molecule has 0 fully saturated rings. The highest BCUT2D eigenvalue weighted by molar-refractivity contribution is 5.96. The molecule has 0 bridgehead atoms. The normalized spacial score (nSPS) is 16.0. The number of carboxylic acids is 1. The summed E-state index contributed by atoms with van der Waals surface area (Å²) in [4.78, 5) is 22.9. The maximum atomic E-state index is 11.9. The molecule has 5 nitrogen and oxygen atoms in total. The lowest BCUT2D eigenvalue weighted by molar-refractivity contribution is 0.0387. The SMILES string of the molecule is COc1ccc(C[C@H]2OC(=O)c3ccc(C(=O)O)cc32)cc1. The van der Waals surface area contributed by atoms with Gasteiger partial charge in [0.2, 0.25) is 0 Å². The summed E-state index contributed by atoms with van der Waals surface area (Å²) in [6.45, 7) is 0. The number of ether oxygens (including phenoxy) is 2. The summed E-state index contributed by atoms with van der Waals surface area (Å²) in [7, 11) is 1.59. The molecule has 0 spiro atoms. The maximum Gasteiger partial charge on any atom is 0.339 e. The zero-order valence-electron chi connectivity index (χ0n) is 11.9. The number of cyclic esters (lactones) is 1. The number of fused-ring (bicyclic) bond motifs is 1. The molecule has 0 saturated carbocycles. The quantitative estimate of drug-likeness (QED) is 0.879. The van der Waals surface area contributed by atoms with Gasteiger partial charge in [-0.15, -0.1) is 0 Å². The number of rotatable bonds is 4. The molecule has 0 saturated heterocycles. The van der Waals surface area contributed by atoms with E-state index in [-0.39, 0.29) is 5.56 Å². The van der Waals surface area contributed by atoms with E-state index in [1.807, 2.05) is 24.3 Å². The van der Waals surface area contributed by atoms with E-state index < -0.39 is 18.0 Å². The van der Waals surface area contributed by atoms with Crippen molar-refractivity contribution in [1.82, 2.24) is 0 Å². The first-order valence-corrected chi connectivity index (χ1v) is 6.79. The molecule has 2 aromatic carbocycles. The minimum absolute atomic E-state index is 0.150. The fraction of sp³-hybridized carbons (Fsp3) is 0.176. The Kier molecular flexibility index (Phi) is 3.55. The van der Waals surface area contributed by atoms with Gasteiger partial charge in [0.1, 0.15) is 11.9 Å². The Morgan fingerprint density at radius 3 is 2.59 bits per heavy atom. The van der Waals surface area contributed by atoms with E-state index in [1.165, 1.54) is 18.2 Å². The molecule has 112 valence electrons. The van der Waals surface area contributed by atoms with Crippen LogP contribution in [-0.4, -0.2) is 24.2 Å². The van der Waals surface area contributed by atoms with Crippen molar-refractivity contribution in [3.63, 3.8) is 0 Å². The van der Waals surface area contributed by atoms with Crippen molar-refractivity contribution in [2.45, 2.75) is 12.5 Å². The van der Waals surface area contributed by atoms with Gasteiger partial charge in [0.15, 0.2) is 0 Å². The number of carbonyl (C=O) groups is 2. The molecule has 0 radical (unpaired) electrons. The van der Waals surface area contributed by atoms with Crippen LogP contribution in [0.5, 0.6) is 5.75 Å². The van der Waals surface area contributed by atoms with Crippen molar-refractivity contribution in [2.75, 3.05) is 7.11 Å². The number of hydrogen-bond acceptors (Lipinski definition) is 4. The van der Waals surface area contributed by atoms with Crippen LogP contribution in [0.1, 0.15) is 37.9 Å². The number of aromatic carboxylic acids is 1. The first kappa shape index (κ1) is 14.1. The Bertz CT molecular complexity index is 733. The number of benzene rings is 2. The fourth-order valence-electron chi connectivity index (χ4n) is 2.53. The summed E-state index contributed by atoms with van der Waals surface area (Å²) in [5, 5.41) is 9.08. The first-order chi connectivity index (χ1) is 10.6. The molecule has 1 heterocycles. The van der Waals surface area contributed by atoms with E-state index >= 15 is 0 Å². The first-order valence-electron chi connectivity index (χ1n) is 6.79. The Morgan fingerprint density at radius 2 is 1.95 bits per heavy atom. The molecule has 22 heavy (non-hydrogen) atoms. The predicted octanol–water partition coefficient (Wildman–Crippen LogP) is 2.85. The molecule has 0 aliphatic carbocycles. The van der Waals surface area contributed by atoms with E-state index in [9.17, 15) is 9.59 Å². The fourth-order valence-corrected chi connectivity index (χ4v) is 2.53. The molecular formula is C17H14O5. The molecule has 5 heteroatoms. The molecule has 0 aromatic heterocycles. The largest absolute Gasteiger partial charge is 0.497 e. The van der Waals surface area contributed by atoms with Crippen LogP contribution in [0.2, 0.25) is 0 Å². The third-order valence-electron chi connectivity index (χ3n) is 3.69. The minimum atomic E-state index is -1.02. The summed E-state index contributed by atoms with van der Waals surface area (Å²) in [5.74, 6) is -0.684. The molecule has 2 aromatic rings. The minimum Gasteiger partial charge on any atom is -0.497 e. The van der Waals surface area contributed by atoms with Crippen molar-refractivity contribution in [2.24, 2.45) is 0 Å². The lowest BCUT2D eigenvalue weighted by Gasteiger charge is -2.11. The highest BCUT2D eigenvalue weighted by Gasteiger charge is 2.31. The van der Waals surface area contributed by atoms with Gasteiger partial charge < -0.3 is 14.6 Å². The molecule has 1 aliphatic rings. The van der Waals surface area contributed by atoms with Crippen LogP contribution in [0.15, 0.2) is 42.5 Å². The molecule has 0 amide bonds. The van der Waals surface area contributed by atoms with Crippen molar-refractivity contribution in [3.05, 3.63) is 64.7 Å². The van der Waals surface area contributed by atoms with Crippen LogP contribution in [0.25, 0.3) is 0 Å². The number of esters is 1. The van der Waals surface area contributed by atoms with E-state index in [4.69, 9.17) is 14.6 Å². The van der Waals surface area contributed by atoms with Gasteiger partial charge in [-0.2, -0.15) is 0 Å². The van der Waals surface area contributed by atoms with Gasteiger partial charge in [0.25, 0.3) is 0 Å². The molecule has 3 rings (SSSR count). The number of methoxy groups -OCH3 is 1. The second kappa shape index (κ2) is 5.52. The lowest BCUT2D eigenvalue weighted by Crippen LogP contribution is -2.03. The Hall–Kier alpha value is -2.82. The maximum absolute atomic E-state index is 11.9. The van der Waals surface area contributed by atoms with Gasteiger partial charge in [-0.3, -0.25) is 0 Å². The highest BCUT2D eigenvalue weighted by atomic mass is 16.5. The summed E-state index contributed by atoms with van der Waals surface area (Å²) >= 11 is 0. The van der Waals surface area contributed by atoms with Crippen LogP contribution in [0.3, 0.4) is 0 Å². The molecule has 1 N–H and O–H groups in total. The Labute approximate surface area is 127 Å². The van der Waals surface area contributed by atoms with Crippen molar-refractivity contribution in [3.8, 4) is 5.75 Å². The van der Waals surface area contributed by atoms with E-state index in [0.717, 1.165) is 11.3 Å². The van der Waals surface area contributed by atoms with Gasteiger partial charge in [0.05, 0.1) is 18.2 Å². The van der Waals surface area contributed by atoms with Crippen LogP contribution in [-0.2, 0) is 11.2 Å². The number of carbonyl (C=O) groups excluding carboxylic acids is 1. The Morgan fingerprint density at radius 1 is 1.23 bits per heavy atom.